The van der Waals surface area contributed by atoms with Crippen LogP contribution in [0.25, 0.3) is 0 Å². The van der Waals surface area contributed by atoms with E-state index in [1.807, 2.05) is 20.8 Å². The number of hydrogen-bond donors (Lipinski definition) is 1. The predicted molar refractivity (Wildman–Crippen MR) is 119 cm³/mol. The summed E-state index contributed by atoms with van der Waals surface area (Å²) in [6.45, 7) is 6.65. The van der Waals surface area contributed by atoms with Crippen molar-refractivity contribution in [1.29, 1.82) is 0 Å². The van der Waals surface area contributed by atoms with Crippen LogP contribution in [0.15, 0.2) is 41.3 Å². The number of nitrogens with zero attached hydrogens (tertiary/aromatic N) is 1. The zero-order valence-corrected chi connectivity index (χ0v) is 19.0. The van der Waals surface area contributed by atoms with Gasteiger partial charge in [0.15, 0.2) is 0 Å². The lowest BCUT2D eigenvalue weighted by Gasteiger charge is -2.31. The largest absolute Gasteiger partial charge is 0.494 e. The van der Waals surface area contributed by atoms with Gasteiger partial charge < -0.3 is 10.1 Å². The highest BCUT2D eigenvalue weighted by Gasteiger charge is 2.33. The zero-order chi connectivity index (χ0) is 21.9. The van der Waals surface area contributed by atoms with Crippen LogP contribution in [0.4, 0.5) is 5.69 Å². The first-order valence-corrected chi connectivity index (χ1v) is 11.8. The van der Waals surface area contributed by atoms with Gasteiger partial charge in [-0.3, -0.25) is 4.79 Å². The predicted octanol–water partition coefficient (Wildman–Crippen LogP) is 4.39. The quantitative estimate of drug-likeness (QED) is 0.707. The molecule has 1 N–H and O–H groups in total. The Balaban J connectivity index is 1.74. The Morgan fingerprint density at radius 2 is 1.97 bits per heavy atom. The van der Waals surface area contributed by atoms with E-state index in [1.165, 1.54) is 4.31 Å². The number of aryl methyl sites for hydroxylation is 2. The summed E-state index contributed by atoms with van der Waals surface area (Å²) in [4.78, 5) is 13.0. The van der Waals surface area contributed by atoms with Crippen LogP contribution in [0, 0.1) is 19.8 Å². The molecule has 0 radical (unpaired) electrons. The third-order valence-electron chi connectivity index (χ3n) is 5.29. The highest BCUT2D eigenvalue weighted by atomic mass is 35.5. The van der Waals surface area contributed by atoms with E-state index in [4.69, 9.17) is 16.3 Å². The van der Waals surface area contributed by atoms with Gasteiger partial charge in [-0.25, -0.2) is 8.42 Å². The highest BCUT2D eigenvalue weighted by molar-refractivity contribution is 7.89. The van der Waals surface area contributed by atoms with Crippen molar-refractivity contribution in [3.8, 4) is 5.75 Å². The number of anilines is 1. The summed E-state index contributed by atoms with van der Waals surface area (Å²) in [5, 5.41) is 3.52. The Kier molecular flexibility index (Phi) is 7.06. The fraction of sp³-hybridized carbons (Fsp3) is 0.409. The number of carbonyl (C=O) groups is 1. The van der Waals surface area contributed by atoms with Crippen LogP contribution in [0.3, 0.4) is 0 Å². The zero-order valence-electron chi connectivity index (χ0n) is 17.4. The minimum Gasteiger partial charge on any atom is -0.494 e. The molecule has 1 aliphatic heterocycles. The van der Waals surface area contributed by atoms with Crippen molar-refractivity contribution >= 4 is 33.2 Å². The first-order chi connectivity index (χ1) is 14.2. The summed E-state index contributed by atoms with van der Waals surface area (Å²) in [5.74, 6) is 0.0845. The molecule has 0 unspecified atom stereocenters. The molecule has 3 rings (SSSR count). The van der Waals surface area contributed by atoms with Crippen LogP contribution in [0.5, 0.6) is 5.75 Å². The maximum atomic E-state index is 13.2. The molecule has 8 heteroatoms. The monoisotopic (exact) mass is 450 g/mol. The van der Waals surface area contributed by atoms with Crippen molar-refractivity contribution in [2.45, 2.75) is 38.5 Å². The van der Waals surface area contributed by atoms with E-state index in [2.05, 4.69) is 5.32 Å². The summed E-state index contributed by atoms with van der Waals surface area (Å²) in [7, 11) is -3.69. The Morgan fingerprint density at radius 1 is 1.20 bits per heavy atom. The molecule has 1 saturated heterocycles. The summed E-state index contributed by atoms with van der Waals surface area (Å²) in [6.07, 6.45) is 1.28. The van der Waals surface area contributed by atoms with E-state index < -0.39 is 15.9 Å². The second-order valence-corrected chi connectivity index (χ2v) is 9.89. The van der Waals surface area contributed by atoms with Crippen LogP contribution in [0.1, 0.15) is 30.9 Å². The first kappa shape index (κ1) is 22.6. The van der Waals surface area contributed by atoms with E-state index in [9.17, 15) is 13.2 Å². The summed E-state index contributed by atoms with van der Waals surface area (Å²) >= 11 is 5.97. The molecule has 0 bridgehead atoms. The van der Waals surface area contributed by atoms with Gasteiger partial charge in [0.1, 0.15) is 5.75 Å². The molecule has 0 aromatic heterocycles. The van der Waals surface area contributed by atoms with Crippen LogP contribution in [-0.2, 0) is 14.8 Å². The number of sulfonamides is 1. The second-order valence-electron chi connectivity index (χ2n) is 7.51. The summed E-state index contributed by atoms with van der Waals surface area (Å²) < 4.78 is 33.2. The molecule has 0 aliphatic carbocycles. The fourth-order valence-corrected chi connectivity index (χ4v) is 5.46. The Hall–Kier alpha value is -2.09. The van der Waals surface area contributed by atoms with Crippen molar-refractivity contribution in [2.75, 3.05) is 25.0 Å². The number of carbonyl (C=O) groups excluding carboxylic acids is 1. The Morgan fingerprint density at radius 3 is 2.63 bits per heavy atom. The van der Waals surface area contributed by atoms with Gasteiger partial charge in [-0.2, -0.15) is 4.31 Å². The Bertz CT molecular complexity index is 1040. The molecular formula is C22H27ClN2O4S. The van der Waals surface area contributed by atoms with Crippen LogP contribution in [0.2, 0.25) is 5.02 Å². The van der Waals surface area contributed by atoms with Gasteiger partial charge in [-0.15, -0.1) is 0 Å². The van der Waals surface area contributed by atoms with Crippen LogP contribution < -0.4 is 10.1 Å². The molecule has 0 spiro atoms. The van der Waals surface area contributed by atoms with Crippen molar-refractivity contribution in [3.63, 3.8) is 0 Å². The van der Waals surface area contributed by atoms with E-state index >= 15 is 0 Å². The molecule has 1 heterocycles. The van der Waals surface area contributed by atoms with Gasteiger partial charge in [-0.05, 0) is 81.1 Å². The fourth-order valence-electron chi connectivity index (χ4n) is 3.63. The molecule has 2 aromatic carbocycles. The highest BCUT2D eigenvalue weighted by Crippen LogP contribution is 2.28. The number of amides is 1. The smallest absolute Gasteiger partial charge is 0.243 e. The maximum Gasteiger partial charge on any atom is 0.243 e. The average Bonchev–Trinajstić information content (AvgIpc) is 2.71. The lowest BCUT2D eigenvalue weighted by Crippen LogP contribution is -2.43. The normalized spacial score (nSPS) is 17.5. The average molecular weight is 451 g/mol. The number of benzene rings is 2. The van der Waals surface area contributed by atoms with Crippen molar-refractivity contribution < 1.29 is 17.9 Å². The molecule has 1 aliphatic rings. The number of hydrogen-bond acceptors (Lipinski definition) is 4. The van der Waals surface area contributed by atoms with Gasteiger partial charge in [0, 0.05) is 23.8 Å². The van der Waals surface area contributed by atoms with Gasteiger partial charge in [0.2, 0.25) is 15.9 Å². The number of nitrogens with one attached hydrogen (secondary N) is 1. The van der Waals surface area contributed by atoms with Crippen molar-refractivity contribution in [2.24, 2.45) is 5.92 Å². The molecule has 162 valence electrons. The maximum absolute atomic E-state index is 13.2. The standard InChI is InChI=1S/C22H27ClN2O4S/c1-4-29-21-10-8-19(13-16(21)3)30(27,28)25-11-5-6-17(14-25)22(26)24-20-9-7-18(23)12-15(20)2/h7-10,12-13,17H,4-6,11,14H2,1-3H3,(H,24,26)/t17-/m1/s1. The third kappa shape index (κ3) is 4.96. The van der Waals surface area contributed by atoms with E-state index in [-0.39, 0.29) is 17.3 Å². The minimum atomic E-state index is -3.69. The lowest BCUT2D eigenvalue weighted by molar-refractivity contribution is -0.120. The number of piperidine rings is 1. The number of rotatable bonds is 6. The topological polar surface area (TPSA) is 75.7 Å². The van der Waals surface area contributed by atoms with Crippen LogP contribution in [-0.4, -0.2) is 38.3 Å². The van der Waals surface area contributed by atoms with Crippen molar-refractivity contribution in [1.82, 2.24) is 4.31 Å². The second kappa shape index (κ2) is 9.37. The minimum absolute atomic E-state index is 0.160. The van der Waals surface area contributed by atoms with Crippen LogP contribution >= 0.6 is 11.6 Å². The van der Waals surface area contributed by atoms with Gasteiger partial charge >= 0.3 is 0 Å². The summed E-state index contributed by atoms with van der Waals surface area (Å²) in [6, 6.07) is 10.1. The molecular weight excluding hydrogens is 424 g/mol. The molecule has 1 atom stereocenters. The molecule has 0 saturated carbocycles. The first-order valence-electron chi connectivity index (χ1n) is 10.0. The SMILES string of the molecule is CCOc1ccc(S(=O)(=O)N2CCC[C@@H](C(=O)Nc3ccc(Cl)cc3C)C2)cc1C. The number of ether oxygens (including phenoxy) is 1. The van der Waals surface area contributed by atoms with Gasteiger partial charge in [0.05, 0.1) is 17.4 Å². The van der Waals surface area contributed by atoms with E-state index in [0.29, 0.717) is 42.5 Å². The van der Waals surface area contributed by atoms with Gasteiger partial charge in [0.25, 0.3) is 0 Å². The van der Waals surface area contributed by atoms with Crippen molar-refractivity contribution in [3.05, 3.63) is 52.5 Å². The van der Waals surface area contributed by atoms with E-state index in [0.717, 1.165) is 11.1 Å². The van der Waals surface area contributed by atoms with E-state index in [1.54, 1.807) is 36.4 Å². The lowest BCUT2D eigenvalue weighted by atomic mass is 9.98. The molecule has 6 nitrogen and oxygen atoms in total. The molecule has 1 amide bonds. The molecule has 30 heavy (non-hydrogen) atoms. The third-order valence-corrected chi connectivity index (χ3v) is 7.38. The number of halogens is 1. The summed E-state index contributed by atoms with van der Waals surface area (Å²) in [5.41, 5.74) is 2.31. The van der Waals surface area contributed by atoms with Gasteiger partial charge in [-0.1, -0.05) is 11.6 Å². The molecule has 1 fully saturated rings. The molecule has 2 aromatic rings. The Labute approximate surface area is 183 Å².